The van der Waals surface area contributed by atoms with Gasteiger partial charge < -0.3 is 0 Å². The van der Waals surface area contributed by atoms with Crippen LogP contribution in [0, 0.1) is 5.92 Å². The van der Waals surface area contributed by atoms with Crippen LogP contribution in [0.2, 0.25) is 0 Å². The molecule has 0 unspecified atom stereocenters. The minimum Gasteiger partial charge on any atom is -0.261 e. The average Bonchev–Trinajstić information content (AvgIpc) is 2.97. The first kappa shape index (κ1) is 15.7. The van der Waals surface area contributed by atoms with Crippen molar-refractivity contribution in [3.05, 3.63) is 38.9 Å². The molecule has 0 spiro atoms. The number of halogens is 1. The molecule has 0 amide bonds. The van der Waals surface area contributed by atoms with Crippen molar-refractivity contribution in [3.8, 4) is 11.3 Å². The lowest BCUT2D eigenvalue weighted by molar-refractivity contribution is 0.443. The van der Waals surface area contributed by atoms with Gasteiger partial charge in [0.25, 0.3) is 0 Å². The number of hydrogen-bond donors (Lipinski definition) is 0. The Labute approximate surface area is 143 Å². The second kappa shape index (κ2) is 7.38. The lowest BCUT2D eigenvalue weighted by Gasteiger charge is -2.17. The summed E-state index contributed by atoms with van der Waals surface area (Å²) in [6, 6.07) is 8.34. The van der Waals surface area contributed by atoms with E-state index in [0.717, 1.165) is 20.5 Å². The molecular weight excluding hydrogens is 358 g/mol. The molecular formula is C17H20BrN3S. The maximum atomic E-state index is 4.76. The van der Waals surface area contributed by atoms with Crippen LogP contribution in [0.4, 0.5) is 0 Å². The third kappa shape index (κ3) is 3.58. The third-order valence-electron chi connectivity index (χ3n) is 4.06. The molecule has 2 aromatic rings. The van der Waals surface area contributed by atoms with E-state index in [9.17, 15) is 0 Å². The Balaban J connectivity index is 1.93. The molecule has 1 saturated carbocycles. The molecule has 0 atom stereocenters. The third-order valence-corrected chi connectivity index (χ3v) is 5.50. The summed E-state index contributed by atoms with van der Waals surface area (Å²) >= 11 is 5.12. The van der Waals surface area contributed by atoms with Gasteiger partial charge in [-0.05, 0) is 30.9 Å². The zero-order valence-corrected chi connectivity index (χ0v) is 15.1. The minimum absolute atomic E-state index is 0.614. The highest BCUT2D eigenvalue weighted by atomic mass is 79.9. The fourth-order valence-corrected chi connectivity index (χ4v) is 3.89. The van der Waals surface area contributed by atoms with Gasteiger partial charge in [0.1, 0.15) is 0 Å². The van der Waals surface area contributed by atoms with E-state index >= 15 is 0 Å². The van der Waals surface area contributed by atoms with Gasteiger partial charge in [0.15, 0.2) is 0 Å². The van der Waals surface area contributed by atoms with E-state index in [1.165, 1.54) is 32.1 Å². The lowest BCUT2D eigenvalue weighted by Crippen LogP contribution is -2.14. The number of benzene rings is 1. The Morgan fingerprint density at radius 1 is 1.18 bits per heavy atom. The van der Waals surface area contributed by atoms with Crippen molar-refractivity contribution in [2.24, 2.45) is 16.0 Å². The number of aromatic nitrogens is 1. The second-order valence-corrected chi connectivity index (χ2v) is 7.36. The first-order valence-electron chi connectivity index (χ1n) is 7.71. The summed E-state index contributed by atoms with van der Waals surface area (Å²) < 4.78 is 3.06. The van der Waals surface area contributed by atoms with Gasteiger partial charge in [-0.15, -0.1) is 11.3 Å². The summed E-state index contributed by atoms with van der Waals surface area (Å²) in [7, 11) is 1.82. The summed E-state index contributed by atoms with van der Waals surface area (Å²) in [4.78, 5) is 5.29. The summed E-state index contributed by atoms with van der Waals surface area (Å²) in [5, 5.41) is 6.88. The first-order chi connectivity index (χ1) is 10.8. The molecule has 5 heteroatoms. The molecule has 1 aromatic carbocycles. The van der Waals surface area contributed by atoms with E-state index in [1.54, 1.807) is 11.3 Å². The second-order valence-electron chi connectivity index (χ2n) is 5.61. The Morgan fingerprint density at radius 2 is 1.91 bits per heavy atom. The van der Waals surface area contributed by atoms with E-state index in [2.05, 4.69) is 56.8 Å². The van der Waals surface area contributed by atoms with Crippen LogP contribution in [-0.2, 0) is 0 Å². The van der Waals surface area contributed by atoms with Crippen molar-refractivity contribution < 1.29 is 0 Å². The smallest absolute Gasteiger partial charge is 0.205 e. The predicted molar refractivity (Wildman–Crippen MR) is 97.4 cm³/mol. The molecule has 22 heavy (non-hydrogen) atoms. The maximum Gasteiger partial charge on any atom is 0.205 e. The van der Waals surface area contributed by atoms with Gasteiger partial charge in [-0.2, -0.15) is 5.10 Å². The molecule has 0 radical (unpaired) electrons. The van der Waals surface area contributed by atoms with Crippen LogP contribution in [0.3, 0.4) is 0 Å². The van der Waals surface area contributed by atoms with Crippen molar-refractivity contribution in [2.75, 3.05) is 7.05 Å². The van der Waals surface area contributed by atoms with Gasteiger partial charge in [-0.3, -0.25) is 4.99 Å². The van der Waals surface area contributed by atoms with Crippen LogP contribution < -0.4 is 4.80 Å². The van der Waals surface area contributed by atoms with Crippen LogP contribution in [0.5, 0.6) is 0 Å². The molecule has 0 N–H and O–H groups in total. The SMILES string of the molecule is CN=c1scc(-c2ccc(Br)cc2)n1N=CC1CCCCC1. The average molecular weight is 378 g/mol. The highest BCUT2D eigenvalue weighted by Gasteiger charge is 2.12. The van der Waals surface area contributed by atoms with E-state index < -0.39 is 0 Å². The Hall–Kier alpha value is -1.20. The van der Waals surface area contributed by atoms with E-state index in [4.69, 9.17) is 5.10 Å². The molecule has 1 aromatic heterocycles. The molecule has 1 aliphatic rings. The fraction of sp³-hybridized carbons (Fsp3) is 0.412. The van der Waals surface area contributed by atoms with E-state index in [-0.39, 0.29) is 0 Å². The molecule has 0 saturated heterocycles. The molecule has 0 aliphatic heterocycles. The van der Waals surface area contributed by atoms with Crippen LogP contribution >= 0.6 is 27.3 Å². The van der Waals surface area contributed by atoms with Gasteiger partial charge in [-0.25, -0.2) is 4.68 Å². The molecule has 0 bridgehead atoms. The van der Waals surface area contributed by atoms with Crippen LogP contribution in [0.1, 0.15) is 32.1 Å². The van der Waals surface area contributed by atoms with Crippen molar-refractivity contribution in [2.45, 2.75) is 32.1 Å². The Kier molecular flexibility index (Phi) is 5.26. The number of thiazole rings is 1. The highest BCUT2D eigenvalue weighted by molar-refractivity contribution is 9.10. The van der Waals surface area contributed by atoms with E-state index in [0.29, 0.717) is 5.92 Å². The van der Waals surface area contributed by atoms with Crippen molar-refractivity contribution in [1.29, 1.82) is 0 Å². The van der Waals surface area contributed by atoms with Crippen LogP contribution in [0.25, 0.3) is 11.3 Å². The topological polar surface area (TPSA) is 29.6 Å². The zero-order chi connectivity index (χ0) is 15.4. The summed E-state index contributed by atoms with van der Waals surface area (Å²) in [5.41, 5.74) is 2.26. The normalized spacial score (nSPS) is 17.5. The molecule has 116 valence electrons. The van der Waals surface area contributed by atoms with Crippen molar-refractivity contribution >= 4 is 33.5 Å². The monoisotopic (exact) mass is 377 g/mol. The highest BCUT2D eigenvalue weighted by Crippen LogP contribution is 2.24. The molecule has 1 fully saturated rings. The molecule has 1 heterocycles. The lowest BCUT2D eigenvalue weighted by atomic mass is 9.90. The van der Waals surface area contributed by atoms with E-state index in [1.807, 2.05) is 11.7 Å². The molecule has 3 rings (SSSR count). The van der Waals surface area contributed by atoms with Crippen LogP contribution in [0.15, 0.2) is 44.2 Å². The Bertz CT molecular complexity index is 706. The quantitative estimate of drug-likeness (QED) is 0.679. The largest absolute Gasteiger partial charge is 0.261 e. The number of rotatable bonds is 3. The fourth-order valence-electron chi connectivity index (χ4n) is 2.83. The van der Waals surface area contributed by atoms with Gasteiger partial charge in [-0.1, -0.05) is 47.3 Å². The predicted octanol–water partition coefficient (Wildman–Crippen LogP) is 4.92. The number of hydrogen-bond acceptors (Lipinski definition) is 3. The Morgan fingerprint density at radius 3 is 2.59 bits per heavy atom. The van der Waals surface area contributed by atoms with Gasteiger partial charge in [0, 0.05) is 28.7 Å². The van der Waals surface area contributed by atoms with Gasteiger partial charge in [0.05, 0.1) is 5.69 Å². The molecule has 3 nitrogen and oxygen atoms in total. The van der Waals surface area contributed by atoms with Gasteiger partial charge >= 0.3 is 0 Å². The van der Waals surface area contributed by atoms with Crippen LogP contribution in [-0.4, -0.2) is 17.9 Å². The standard InChI is InChI=1S/C17H20BrN3S/c1-19-17-21(20-11-13-5-3-2-4-6-13)16(12-22-17)14-7-9-15(18)10-8-14/h7-13H,2-6H2,1H3. The van der Waals surface area contributed by atoms with Gasteiger partial charge in [0.2, 0.25) is 4.80 Å². The maximum absolute atomic E-state index is 4.76. The first-order valence-corrected chi connectivity index (χ1v) is 9.39. The summed E-state index contributed by atoms with van der Waals surface area (Å²) in [6.07, 6.45) is 8.69. The summed E-state index contributed by atoms with van der Waals surface area (Å²) in [5.74, 6) is 0.614. The number of nitrogens with zero attached hydrogens (tertiary/aromatic N) is 3. The van der Waals surface area contributed by atoms with Crippen molar-refractivity contribution in [1.82, 2.24) is 4.68 Å². The minimum atomic E-state index is 0.614. The zero-order valence-electron chi connectivity index (χ0n) is 12.7. The molecule has 1 aliphatic carbocycles. The summed E-state index contributed by atoms with van der Waals surface area (Å²) in [6.45, 7) is 0. The van der Waals surface area contributed by atoms with Crippen molar-refractivity contribution in [3.63, 3.8) is 0 Å².